The van der Waals surface area contributed by atoms with E-state index in [1.807, 2.05) is 0 Å². The first-order chi connectivity index (χ1) is 5.29. The van der Waals surface area contributed by atoms with Gasteiger partial charge in [-0.2, -0.15) is 0 Å². The molecule has 0 saturated carbocycles. The van der Waals surface area contributed by atoms with Crippen LogP contribution in [0.1, 0.15) is 38.5 Å². The molecule has 0 saturated heterocycles. The number of hydrogen-bond donors (Lipinski definition) is 1. The van der Waals surface area contributed by atoms with Gasteiger partial charge in [-0.3, -0.25) is 5.11 Å². The summed E-state index contributed by atoms with van der Waals surface area (Å²) in [4.78, 5) is 0. The van der Waals surface area contributed by atoms with Gasteiger partial charge in [0, 0.05) is 6.42 Å². The van der Waals surface area contributed by atoms with Crippen molar-refractivity contribution in [1.29, 1.82) is 0 Å². The standard InChI is InChI=1S/C9H15O2/c10-8-5-3-1-2-4-6-9(11)7-8/h7-8,10H,1-6H2. The Morgan fingerprint density at radius 2 is 2.00 bits per heavy atom. The van der Waals surface area contributed by atoms with Crippen LogP contribution in [-0.4, -0.2) is 11.2 Å². The number of aliphatic hydroxyl groups excluding tert-OH is 1. The average molecular weight is 155 g/mol. The second kappa shape index (κ2) is 4.39. The zero-order valence-corrected chi connectivity index (χ0v) is 6.75. The lowest BCUT2D eigenvalue weighted by Gasteiger charge is -2.01. The van der Waals surface area contributed by atoms with Crippen LogP contribution >= 0.6 is 0 Å². The number of rotatable bonds is 0. The lowest BCUT2D eigenvalue weighted by molar-refractivity contribution is 0.197. The van der Waals surface area contributed by atoms with Crippen molar-refractivity contribution in [3.05, 3.63) is 11.8 Å². The van der Waals surface area contributed by atoms with E-state index >= 15 is 0 Å². The fraction of sp³-hybridized carbons (Fsp3) is 0.778. The van der Waals surface area contributed by atoms with E-state index in [0.717, 1.165) is 32.1 Å². The third kappa shape index (κ3) is 3.42. The zero-order valence-electron chi connectivity index (χ0n) is 6.75. The van der Waals surface area contributed by atoms with Crippen molar-refractivity contribution in [2.75, 3.05) is 0 Å². The SMILES string of the molecule is [O]C1=CC(O)CCCCCC1. The molecule has 1 aliphatic carbocycles. The Labute approximate surface area is 67.6 Å². The molecule has 0 aromatic rings. The van der Waals surface area contributed by atoms with Crippen molar-refractivity contribution in [3.63, 3.8) is 0 Å². The summed E-state index contributed by atoms with van der Waals surface area (Å²) in [6.07, 6.45) is 6.67. The van der Waals surface area contributed by atoms with Gasteiger partial charge < -0.3 is 5.11 Å². The van der Waals surface area contributed by atoms with E-state index in [1.54, 1.807) is 0 Å². The van der Waals surface area contributed by atoms with Crippen molar-refractivity contribution in [2.45, 2.75) is 44.6 Å². The highest BCUT2D eigenvalue weighted by Crippen LogP contribution is 2.15. The van der Waals surface area contributed by atoms with Gasteiger partial charge in [0.05, 0.1) is 6.10 Å². The predicted molar refractivity (Wildman–Crippen MR) is 42.5 cm³/mol. The quantitative estimate of drug-likeness (QED) is 0.571. The number of hydrogen-bond acceptors (Lipinski definition) is 1. The van der Waals surface area contributed by atoms with Crippen molar-refractivity contribution in [2.24, 2.45) is 0 Å². The molecule has 11 heavy (non-hydrogen) atoms. The lowest BCUT2D eigenvalue weighted by atomic mass is 10.1. The summed E-state index contributed by atoms with van der Waals surface area (Å²) in [5.41, 5.74) is 0. The maximum absolute atomic E-state index is 11.0. The fourth-order valence-electron chi connectivity index (χ4n) is 1.39. The van der Waals surface area contributed by atoms with Crippen LogP contribution in [0.25, 0.3) is 0 Å². The molecule has 0 bridgehead atoms. The van der Waals surface area contributed by atoms with Gasteiger partial charge in [-0.15, -0.1) is 0 Å². The highest BCUT2D eigenvalue weighted by molar-refractivity contribution is 4.95. The molecule has 1 unspecified atom stereocenters. The van der Waals surface area contributed by atoms with Gasteiger partial charge in [-0.05, 0) is 18.9 Å². The summed E-state index contributed by atoms with van der Waals surface area (Å²) >= 11 is 0. The minimum Gasteiger partial charge on any atom is -0.389 e. The smallest absolute Gasteiger partial charge is 0.154 e. The Balaban J connectivity index is 2.43. The molecule has 2 nitrogen and oxygen atoms in total. The molecule has 1 radical (unpaired) electrons. The molecular formula is C9H15O2. The summed E-state index contributed by atoms with van der Waals surface area (Å²) in [5.74, 6) is 0.111. The molecule has 0 spiro atoms. The molecule has 0 heterocycles. The van der Waals surface area contributed by atoms with Crippen molar-refractivity contribution < 1.29 is 10.2 Å². The third-order valence-electron chi connectivity index (χ3n) is 2.05. The molecular weight excluding hydrogens is 140 g/mol. The molecule has 0 aromatic carbocycles. The van der Waals surface area contributed by atoms with Crippen LogP contribution in [0.2, 0.25) is 0 Å². The van der Waals surface area contributed by atoms with Gasteiger partial charge in [0.2, 0.25) is 0 Å². The molecule has 1 aliphatic rings. The topological polar surface area (TPSA) is 40.1 Å². The number of allylic oxidation sites excluding steroid dienone is 1. The van der Waals surface area contributed by atoms with Crippen LogP contribution in [-0.2, 0) is 5.11 Å². The monoisotopic (exact) mass is 155 g/mol. The Hall–Kier alpha value is -0.500. The molecule has 1 N–H and O–H groups in total. The zero-order chi connectivity index (χ0) is 8.10. The van der Waals surface area contributed by atoms with E-state index in [4.69, 9.17) is 0 Å². The third-order valence-corrected chi connectivity index (χ3v) is 2.05. The minimum atomic E-state index is -0.486. The van der Waals surface area contributed by atoms with E-state index in [1.165, 1.54) is 6.08 Å². The van der Waals surface area contributed by atoms with Gasteiger partial charge in [-0.25, -0.2) is 0 Å². The summed E-state index contributed by atoms with van der Waals surface area (Å²) in [7, 11) is 0. The highest BCUT2D eigenvalue weighted by atomic mass is 16.3. The lowest BCUT2D eigenvalue weighted by Crippen LogP contribution is -2.01. The first-order valence-electron chi connectivity index (χ1n) is 4.35. The Morgan fingerprint density at radius 3 is 2.82 bits per heavy atom. The summed E-state index contributed by atoms with van der Waals surface area (Å²) < 4.78 is 0. The van der Waals surface area contributed by atoms with E-state index in [9.17, 15) is 10.2 Å². The van der Waals surface area contributed by atoms with Crippen LogP contribution in [0.15, 0.2) is 11.8 Å². The Morgan fingerprint density at radius 1 is 1.27 bits per heavy atom. The first-order valence-corrected chi connectivity index (χ1v) is 4.35. The molecule has 0 amide bonds. The van der Waals surface area contributed by atoms with Crippen molar-refractivity contribution in [1.82, 2.24) is 0 Å². The molecule has 1 atom stereocenters. The highest BCUT2D eigenvalue weighted by Gasteiger charge is 2.06. The largest absolute Gasteiger partial charge is 0.389 e. The van der Waals surface area contributed by atoms with E-state index < -0.39 is 6.10 Å². The normalized spacial score (nSPS) is 28.1. The van der Waals surface area contributed by atoms with Crippen molar-refractivity contribution in [3.8, 4) is 0 Å². The maximum Gasteiger partial charge on any atom is 0.154 e. The second-order valence-electron chi connectivity index (χ2n) is 3.15. The predicted octanol–water partition coefficient (Wildman–Crippen LogP) is 2.02. The van der Waals surface area contributed by atoms with Crippen LogP contribution in [0, 0.1) is 0 Å². The van der Waals surface area contributed by atoms with E-state index in [2.05, 4.69) is 0 Å². The molecule has 63 valence electrons. The van der Waals surface area contributed by atoms with E-state index in [-0.39, 0.29) is 5.76 Å². The molecule has 0 aliphatic heterocycles. The van der Waals surface area contributed by atoms with Gasteiger partial charge in [0.15, 0.2) is 5.76 Å². The minimum absolute atomic E-state index is 0.111. The average Bonchev–Trinajstić information content (AvgIpc) is 2.02. The summed E-state index contributed by atoms with van der Waals surface area (Å²) in [6, 6.07) is 0. The van der Waals surface area contributed by atoms with Crippen LogP contribution < -0.4 is 0 Å². The molecule has 0 aromatic heterocycles. The Kier molecular flexibility index (Phi) is 3.43. The van der Waals surface area contributed by atoms with Gasteiger partial charge >= 0.3 is 0 Å². The van der Waals surface area contributed by atoms with Crippen LogP contribution in [0.3, 0.4) is 0 Å². The molecule has 0 fully saturated rings. The molecule has 1 rings (SSSR count). The van der Waals surface area contributed by atoms with Crippen molar-refractivity contribution >= 4 is 0 Å². The Bertz CT molecular complexity index is 140. The molecule has 2 heteroatoms. The number of aliphatic hydroxyl groups is 1. The van der Waals surface area contributed by atoms with Crippen LogP contribution in [0.4, 0.5) is 0 Å². The second-order valence-corrected chi connectivity index (χ2v) is 3.15. The summed E-state index contributed by atoms with van der Waals surface area (Å²) in [6.45, 7) is 0. The first kappa shape index (κ1) is 8.60. The van der Waals surface area contributed by atoms with Gasteiger partial charge in [-0.1, -0.05) is 19.3 Å². The summed E-state index contributed by atoms with van der Waals surface area (Å²) in [5, 5.41) is 20.2. The van der Waals surface area contributed by atoms with Gasteiger partial charge in [0.1, 0.15) is 0 Å². The van der Waals surface area contributed by atoms with E-state index in [0.29, 0.717) is 6.42 Å². The van der Waals surface area contributed by atoms with Gasteiger partial charge in [0.25, 0.3) is 0 Å². The van der Waals surface area contributed by atoms with Crippen LogP contribution in [0.5, 0.6) is 0 Å². The fourth-order valence-corrected chi connectivity index (χ4v) is 1.39. The maximum atomic E-state index is 11.0.